The van der Waals surface area contributed by atoms with Gasteiger partial charge < -0.3 is 10.0 Å². The third-order valence-corrected chi connectivity index (χ3v) is 4.20. The number of amides is 1. The molecule has 5 nitrogen and oxygen atoms in total. The highest BCUT2D eigenvalue weighted by molar-refractivity contribution is 6.30. The van der Waals surface area contributed by atoms with Gasteiger partial charge in [0.05, 0.1) is 24.4 Å². The molecule has 6 heteroatoms. The lowest BCUT2D eigenvalue weighted by Crippen LogP contribution is -2.34. The van der Waals surface area contributed by atoms with Crippen LogP contribution in [0.3, 0.4) is 0 Å². The first kappa shape index (κ1) is 17.5. The molecule has 0 fully saturated rings. The second kappa shape index (κ2) is 7.62. The van der Waals surface area contributed by atoms with Gasteiger partial charge in [0.25, 0.3) is 0 Å². The van der Waals surface area contributed by atoms with Crippen LogP contribution in [0.5, 0.6) is 0 Å². The first-order valence-electron chi connectivity index (χ1n) is 7.67. The summed E-state index contributed by atoms with van der Waals surface area (Å²) in [6, 6.07) is 7.44. The number of rotatable bonds is 6. The summed E-state index contributed by atoms with van der Waals surface area (Å²) < 4.78 is 1.83. The van der Waals surface area contributed by atoms with E-state index in [1.807, 2.05) is 49.7 Å². The normalized spacial score (nSPS) is 10.8. The Morgan fingerprint density at radius 3 is 2.52 bits per heavy atom. The van der Waals surface area contributed by atoms with Crippen molar-refractivity contribution in [3.05, 3.63) is 46.2 Å². The molecule has 0 aliphatic heterocycles. The maximum absolute atomic E-state index is 12.4. The van der Waals surface area contributed by atoms with Gasteiger partial charge in [0.2, 0.25) is 5.91 Å². The van der Waals surface area contributed by atoms with E-state index in [1.165, 1.54) is 0 Å². The number of aliphatic hydroxyl groups is 1. The fourth-order valence-corrected chi connectivity index (χ4v) is 2.73. The predicted octanol–water partition coefficient (Wildman–Crippen LogP) is 2.53. The Morgan fingerprint density at radius 1 is 1.30 bits per heavy atom. The Bertz CT molecular complexity index is 680. The van der Waals surface area contributed by atoms with Gasteiger partial charge in [-0.3, -0.25) is 4.79 Å². The lowest BCUT2D eigenvalue weighted by Gasteiger charge is -2.19. The van der Waals surface area contributed by atoms with Gasteiger partial charge in [-0.1, -0.05) is 11.6 Å². The quantitative estimate of drug-likeness (QED) is 0.882. The molecule has 1 aromatic heterocycles. The Kier molecular flexibility index (Phi) is 5.80. The molecule has 0 saturated carbocycles. The van der Waals surface area contributed by atoms with Crippen LogP contribution in [0.2, 0.25) is 5.02 Å². The molecule has 0 aliphatic carbocycles. The van der Waals surface area contributed by atoms with E-state index in [0.29, 0.717) is 24.5 Å². The summed E-state index contributed by atoms with van der Waals surface area (Å²) >= 11 is 5.92. The minimum Gasteiger partial charge on any atom is -0.395 e. The number of likely N-dealkylation sites (N-methyl/N-ethyl adjacent to an activating group) is 1. The molecule has 1 aromatic carbocycles. The average molecular weight is 336 g/mol. The van der Waals surface area contributed by atoms with Crippen molar-refractivity contribution in [2.24, 2.45) is 0 Å². The van der Waals surface area contributed by atoms with Crippen LogP contribution >= 0.6 is 11.6 Å². The summed E-state index contributed by atoms with van der Waals surface area (Å²) in [6.07, 6.45) is 0.291. The number of aryl methyl sites for hydroxylation is 1. The first-order chi connectivity index (χ1) is 11.0. The Labute approximate surface area is 141 Å². The Balaban J connectivity index is 2.27. The fraction of sp³-hybridized carbons (Fsp3) is 0.412. The van der Waals surface area contributed by atoms with Crippen molar-refractivity contribution in [1.29, 1.82) is 0 Å². The molecule has 1 N–H and O–H groups in total. The molecule has 1 heterocycles. The van der Waals surface area contributed by atoms with Gasteiger partial charge in [-0.2, -0.15) is 5.10 Å². The van der Waals surface area contributed by atoms with Crippen molar-refractivity contribution in [2.45, 2.75) is 27.2 Å². The zero-order chi connectivity index (χ0) is 17.0. The van der Waals surface area contributed by atoms with Crippen LogP contribution in [-0.4, -0.2) is 45.4 Å². The average Bonchev–Trinajstić information content (AvgIpc) is 2.81. The number of hydrogen-bond donors (Lipinski definition) is 1. The monoisotopic (exact) mass is 335 g/mol. The molecule has 0 unspecified atom stereocenters. The summed E-state index contributed by atoms with van der Waals surface area (Å²) in [4.78, 5) is 14.0. The van der Waals surface area contributed by atoms with Crippen molar-refractivity contribution in [3.8, 4) is 5.69 Å². The lowest BCUT2D eigenvalue weighted by molar-refractivity contribution is -0.130. The molecule has 124 valence electrons. The minimum absolute atomic E-state index is 0.00315. The van der Waals surface area contributed by atoms with Gasteiger partial charge in [-0.15, -0.1) is 0 Å². The third kappa shape index (κ3) is 3.92. The lowest BCUT2D eigenvalue weighted by atomic mass is 10.1. The largest absolute Gasteiger partial charge is 0.395 e. The van der Waals surface area contributed by atoms with Gasteiger partial charge in [0, 0.05) is 29.4 Å². The standard InChI is InChI=1S/C17H22ClN3O2/c1-4-20(9-10-22)17(23)11-16-12(2)19-21(13(16)3)15-7-5-14(18)6-8-15/h5-8,22H,4,9-11H2,1-3H3. The van der Waals surface area contributed by atoms with Crippen molar-refractivity contribution in [1.82, 2.24) is 14.7 Å². The van der Waals surface area contributed by atoms with Gasteiger partial charge in [0.1, 0.15) is 0 Å². The van der Waals surface area contributed by atoms with Crippen LogP contribution in [0, 0.1) is 13.8 Å². The number of benzene rings is 1. The smallest absolute Gasteiger partial charge is 0.227 e. The van der Waals surface area contributed by atoms with Gasteiger partial charge in [-0.25, -0.2) is 4.68 Å². The molecule has 23 heavy (non-hydrogen) atoms. The van der Waals surface area contributed by atoms with Crippen LogP contribution in [0.25, 0.3) is 5.69 Å². The molecule has 0 aliphatic rings. The molecule has 2 rings (SSSR count). The van der Waals surface area contributed by atoms with E-state index in [-0.39, 0.29) is 12.5 Å². The van der Waals surface area contributed by atoms with Crippen molar-refractivity contribution < 1.29 is 9.90 Å². The molecule has 0 bridgehead atoms. The highest BCUT2D eigenvalue weighted by Gasteiger charge is 2.19. The van der Waals surface area contributed by atoms with E-state index in [2.05, 4.69) is 5.10 Å². The summed E-state index contributed by atoms with van der Waals surface area (Å²) in [5.74, 6) is 0.00315. The fourth-order valence-electron chi connectivity index (χ4n) is 2.61. The number of aromatic nitrogens is 2. The van der Waals surface area contributed by atoms with E-state index in [1.54, 1.807) is 4.90 Å². The number of carbonyl (C=O) groups excluding carboxylic acids is 1. The van der Waals surface area contributed by atoms with Crippen molar-refractivity contribution in [2.75, 3.05) is 19.7 Å². The Morgan fingerprint density at radius 2 is 1.96 bits per heavy atom. The highest BCUT2D eigenvalue weighted by atomic mass is 35.5. The molecule has 2 aromatic rings. The van der Waals surface area contributed by atoms with Crippen LogP contribution in [0.15, 0.2) is 24.3 Å². The van der Waals surface area contributed by atoms with Crippen molar-refractivity contribution in [3.63, 3.8) is 0 Å². The molecule has 0 saturated heterocycles. The van der Waals surface area contributed by atoms with Crippen LogP contribution in [0.4, 0.5) is 0 Å². The number of halogens is 1. The minimum atomic E-state index is -0.0262. The summed E-state index contributed by atoms with van der Waals surface area (Å²) in [5, 5.41) is 14.3. The van der Waals surface area contributed by atoms with Crippen molar-refractivity contribution >= 4 is 17.5 Å². The number of nitrogens with zero attached hydrogens (tertiary/aromatic N) is 3. The molecule has 0 spiro atoms. The molecule has 1 amide bonds. The Hall–Kier alpha value is -1.85. The van der Waals surface area contributed by atoms with Crippen LogP contribution < -0.4 is 0 Å². The van der Waals surface area contributed by atoms with Gasteiger partial charge >= 0.3 is 0 Å². The molecular formula is C17H22ClN3O2. The molecular weight excluding hydrogens is 314 g/mol. The maximum Gasteiger partial charge on any atom is 0.227 e. The number of carbonyl (C=O) groups is 1. The van der Waals surface area contributed by atoms with E-state index in [4.69, 9.17) is 16.7 Å². The second-order valence-electron chi connectivity index (χ2n) is 5.41. The summed E-state index contributed by atoms with van der Waals surface area (Å²) in [5.41, 5.74) is 3.63. The van der Waals surface area contributed by atoms with E-state index in [0.717, 1.165) is 22.6 Å². The van der Waals surface area contributed by atoms with Gasteiger partial charge in [0.15, 0.2) is 0 Å². The SMILES string of the molecule is CCN(CCO)C(=O)Cc1c(C)nn(-c2ccc(Cl)cc2)c1C. The first-order valence-corrected chi connectivity index (χ1v) is 8.05. The van der Waals surface area contributed by atoms with E-state index >= 15 is 0 Å². The highest BCUT2D eigenvalue weighted by Crippen LogP contribution is 2.20. The maximum atomic E-state index is 12.4. The zero-order valence-corrected chi connectivity index (χ0v) is 14.5. The number of aliphatic hydroxyl groups excluding tert-OH is 1. The van der Waals surface area contributed by atoms with E-state index in [9.17, 15) is 4.79 Å². The summed E-state index contributed by atoms with van der Waals surface area (Å²) in [7, 11) is 0. The van der Waals surface area contributed by atoms with E-state index < -0.39 is 0 Å². The van der Waals surface area contributed by atoms with Crippen LogP contribution in [0.1, 0.15) is 23.9 Å². The second-order valence-corrected chi connectivity index (χ2v) is 5.85. The third-order valence-electron chi connectivity index (χ3n) is 3.94. The zero-order valence-electron chi connectivity index (χ0n) is 13.7. The molecule has 0 atom stereocenters. The molecule has 0 radical (unpaired) electrons. The van der Waals surface area contributed by atoms with Crippen LogP contribution in [-0.2, 0) is 11.2 Å². The topological polar surface area (TPSA) is 58.4 Å². The van der Waals surface area contributed by atoms with Gasteiger partial charge in [-0.05, 0) is 45.0 Å². The predicted molar refractivity (Wildman–Crippen MR) is 91.1 cm³/mol. The summed E-state index contributed by atoms with van der Waals surface area (Å²) in [6.45, 7) is 6.69. The number of hydrogen-bond acceptors (Lipinski definition) is 3.